The summed E-state index contributed by atoms with van der Waals surface area (Å²) in [7, 11) is 0. The number of nitro groups is 1. The lowest BCUT2D eigenvalue weighted by Crippen LogP contribution is -2.31. The summed E-state index contributed by atoms with van der Waals surface area (Å²) in [6.45, 7) is -0.205. The van der Waals surface area contributed by atoms with Crippen LogP contribution >= 0.6 is 0 Å². The molecule has 0 aliphatic carbocycles. The highest BCUT2D eigenvalue weighted by molar-refractivity contribution is 5.23. The standard InChI is InChI=1S/C11H8FN3O4/c12-8-4-2-1-3-7(8)5-14-6-9(15(18)19)10(16)13-11(14)17/h1-4,6H,5H2,(H,13,16,17). The summed E-state index contributed by atoms with van der Waals surface area (Å²) in [5, 5.41) is 10.6. The van der Waals surface area contributed by atoms with Gasteiger partial charge in [0.05, 0.1) is 17.7 Å². The molecule has 2 aromatic rings. The third-order valence-electron chi connectivity index (χ3n) is 2.49. The minimum Gasteiger partial charge on any atom is -0.289 e. The maximum absolute atomic E-state index is 13.4. The van der Waals surface area contributed by atoms with E-state index in [0.29, 0.717) is 0 Å². The first-order chi connectivity index (χ1) is 8.99. The first kappa shape index (κ1) is 12.7. The number of hydrogen-bond donors (Lipinski definition) is 1. The van der Waals surface area contributed by atoms with E-state index < -0.39 is 27.7 Å². The molecule has 98 valence electrons. The van der Waals surface area contributed by atoms with Gasteiger partial charge >= 0.3 is 16.9 Å². The van der Waals surface area contributed by atoms with Crippen molar-refractivity contribution in [2.75, 3.05) is 0 Å². The van der Waals surface area contributed by atoms with E-state index in [0.717, 1.165) is 10.8 Å². The van der Waals surface area contributed by atoms with Gasteiger partial charge in [-0.2, -0.15) is 0 Å². The van der Waals surface area contributed by atoms with Crippen molar-refractivity contribution < 1.29 is 9.31 Å². The van der Waals surface area contributed by atoms with Gasteiger partial charge in [-0.25, -0.2) is 9.18 Å². The van der Waals surface area contributed by atoms with Crippen molar-refractivity contribution in [2.45, 2.75) is 6.54 Å². The third kappa shape index (κ3) is 2.57. The second-order valence-corrected chi connectivity index (χ2v) is 3.75. The van der Waals surface area contributed by atoms with Crippen LogP contribution in [0.3, 0.4) is 0 Å². The number of benzene rings is 1. The molecule has 0 saturated heterocycles. The molecule has 0 aliphatic heterocycles. The van der Waals surface area contributed by atoms with E-state index in [9.17, 15) is 24.1 Å². The second-order valence-electron chi connectivity index (χ2n) is 3.75. The number of nitrogens with one attached hydrogen (secondary N) is 1. The number of halogens is 1. The summed E-state index contributed by atoms with van der Waals surface area (Å²) in [6.07, 6.45) is 0.799. The first-order valence-corrected chi connectivity index (χ1v) is 5.20. The second kappa shape index (κ2) is 4.84. The van der Waals surface area contributed by atoms with Crippen molar-refractivity contribution in [2.24, 2.45) is 0 Å². The Morgan fingerprint density at radius 1 is 1.32 bits per heavy atom. The summed E-state index contributed by atoms with van der Waals surface area (Å²) in [4.78, 5) is 34.2. The van der Waals surface area contributed by atoms with Gasteiger partial charge in [-0.3, -0.25) is 24.5 Å². The lowest BCUT2D eigenvalue weighted by Gasteiger charge is -2.05. The molecule has 8 heteroatoms. The maximum Gasteiger partial charge on any atom is 0.350 e. The van der Waals surface area contributed by atoms with E-state index in [4.69, 9.17) is 0 Å². The topological polar surface area (TPSA) is 98.0 Å². The van der Waals surface area contributed by atoms with Crippen molar-refractivity contribution in [3.8, 4) is 0 Å². The summed E-state index contributed by atoms with van der Waals surface area (Å²) < 4.78 is 14.3. The molecule has 1 heterocycles. The molecular weight excluding hydrogens is 257 g/mol. The molecule has 0 spiro atoms. The molecule has 0 bridgehead atoms. The van der Waals surface area contributed by atoms with Crippen LogP contribution in [0.4, 0.5) is 10.1 Å². The van der Waals surface area contributed by atoms with Crippen molar-refractivity contribution >= 4 is 5.69 Å². The van der Waals surface area contributed by atoms with Crippen LogP contribution in [0.25, 0.3) is 0 Å². The largest absolute Gasteiger partial charge is 0.350 e. The predicted octanol–water partition coefficient (Wildman–Crippen LogP) is 0.632. The first-order valence-electron chi connectivity index (χ1n) is 5.20. The normalized spacial score (nSPS) is 10.4. The highest BCUT2D eigenvalue weighted by Gasteiger charge is 2.15. The summed E-state index contributed by atoms with van der Waals surface area (Å²) in [5.74, 6) is -0.539. The van der Waals surface area contributed by atoms with Gasteiger partial charge in [-0.1, -0.05) is 18.2 Å². The van der Waals surface area contributed by atoms with Crippen LogP contribution in [-0.2, 0) is 6.54 Å². The van der Waals surface area contributed by atoms with Crippen molar-refractivity contribution in [1.29, 1.82) is 0 Å². The van der Waals surface area contributed by atoms with Gasteiger partial charge in [0, 0.05) is 5.56 Å². The highest BCUT2D eigenvalue weighted by Crippen LogP contribution is 2.08. The summed E-state index contributed by atoms with van der Waals surface area (Å²) in [6, 6.07) is 5.71. The molecule has 0 fully saturated rings. The highest BCUT2D eigenvalue weighted by atomic mass is 19.1. The van der Waals surface area contributed by atoms with Crippen molar-refractivity contribution in [3.63, 3.8) is 0 Å². The van der Waals surface area contributed by atoms with Gasteiger partial charge in [0.15, 0.2) is 0 Å². The predicted molar refractivity (Wildman–Crippen MR) is 63.5 cm³/mol. The van der Waals surface area contributed by atoms with Crippen LogP contribution in [0.15, 0.2) is 40.1 Å². The Morgan fingerprint density at radius 2 is 2.00 bits per heavy atom. The molecule has 2 rings (SSSR count). The average molecular weight is 265 g/mol. The molecule has 0 radical (unpaired) electrons. The summed E-state index contributed by atoms with van der Waals surface area (Å²) >= 11 is 0. The number of hydrogen-bond acceptors (Lipinski definition) is 4. The third-order valence-corrected chi connectivity index (χ3v) is 2.49. The van der Waals surface area contributed by atoms with Gasteiger partial charge < -0.3 is 0 Å². The molecule has 19 heavy (non-hydrogen) atoms. The fraction of sp³-hybridized carbons (Fsp3) is 0.0909. The lowest BCUT2D eigenvalue weighted by molar-refractivity contribution is -0.386. The van der Waals surface area contributed by atoms with Gasteiger partial charge in [0.1, 0.15) is 5.82 Å². The van der Waals surface area contributed by atoms with Gasteiger partial charge in [-0.05, 0) is 6.07 Å². The zero-order valence-electron chi connectivity index (χ0n) is 9.50. The number of aromatic nitrogens is 2. The molecule has 0 atom stereocenters. The maximum atomic E-state index is 13.4. The van der Waals surface area contributed by atoms with Crippen molar-refractivity contribution in [1.82, 2.24) is 9.55 Å². The van der Waals surface area contributed by atoms with Crippen LogP contribution in [0.5, 0.6) is 0 Å². The Balaban J connectivity index is 2.49. The zero-order valence-corrected chi connectivity index (χ0v) is 9.50. The molecule has 0 amide bonds. The minimum atomic E-state index is -1.08. The Labute approximate surface area is 105 Å². The van der Waals surface area contributed by atoms with E-state index in [1.807, 2.05) is 4.98 Å². The number of rotatable bonds is 3. The number of nitrogens with zero attached hydrogens (tertiary/aromatic N) is 2. The van der Waals surface area contributed by atoms with Gasteiger partial charge in [0.25, 0.3) is 0 Å². The Bertz CT molecular complexity index is 750. The van der Waals surface area contributed by atoms with Crippen molar-refractivity contribution in [3.05, 3.63) is 72.8 Å². The van der Waals surface area contributed by atoms with Crippen LogP contribution in [-0.4, -0.2) is 14.5 Å². The Kier molecular flexibility index (Phi) is 3.23. The molecule has 1 aromatic carbocycles. The molecular formula is C11H8FN3O4. The van der Waals surface area contributed by atoms with E-state index in [-0.39, 0.29) is 12.1 Å². The van der Waals surface area contributed by atoms with Gasteiger partial charge in [-0.15, -0.1) is 0 Å². The molecule has 7 nitrogen and oxygen atoms in total. The number of aromatic amines is 1. The van der Waals surface area contributed by atoms with Crippen LogP contribution < -0.4 is 11.2 Å². The fourth-order valence-corrected chi connectivity index (χ4v) is 1.56. The van der Waals surface area contributed by atoms with Crippen LogP contribution in [0.2, 0.25) is 0 Å². The van der Waals surface area contributed by atoms with Crippen LogP contribution in [0, 0.1) is 15.9 Å². The Hall–Kier alpha value is -2.77. The lowest BCUT2D eigenvalue weighted by atomic mass is 10.2. The zero-order chi connectivity index (χ0) is 14.0. The van der Waals surface area contributed by atoms with E-state index in [1.54, 1.807) is 6.07 Å². The quantitative estimate of drug-likeness (QED) is 0.650. The Morgan fingerprint density at radius 3 is 2.63 bits per heavy atom. The van der Waals surface area contributed by atoms with Gasteiger partial charge in [0.2, 0.25) is 0 Å². The molecule has 0 aliphatic rings. The minimum absolute atomic E-state index is 0.186. The van der Waals surface area contributed by atoms with E-state index in [2.05, 4.69) is 0 Å². The average Bonchev–Trinajstić information content (AvgIpc) is 2.34. The molecule has 0 unspecified atom stereocenters. The molecule has 1 aromatic heterocycles. The van der Waals surface area contributed by atoms with Crippen LogP contribution in [0.1, 0.15) is 5.56 Å². The number of H-pyrrole nitrogens is 1. The summed E-state index contributed by atoms with van der Waals surface area (Å²) in [5.41, 5.74) is -2.50. The molecule has 1 N–H and O–H groups in total. The van der Waals surface area contributed by atoms with E-state index >= 15 is 0 Å². The monoisotopic (exact) mass is 265 g/mol. The SMILES string of the molecule is O=c1[nH]c(=O)n(Cc2ccccc2F)cc1[N+](=O)[O-]. The molecule has 0 saturated carbocycles. The smallest absolute Gasteiger partial charge is 0.289 e. The fourth-order valence-electron chi connectivity index (χ4n) is 1.56. The van der Waals surface area contributed by atoms with E-state index in [1.165, 1.54) is 18.2 Å².